The lowest BCUT2D eigenvalue weighted by Gasteiger charge is -2.08. The van der Waals surface area contributed by atoms with Crippen LogP contribution in [0.3, 0.4) is 0 Å². The first-order chi connectivity index (χ1) is 11.5. The molecule has 0 fully saturated rings. The molecule has 2 N–H and O–H groups in total. The summed E-state index contributed by atoms with van der Waals surface area (Å²) in [4.78, 5) is 28.2. The Bertz CT molecular complexity index is 737. The molecular weight excluding hydrogens is 393 g/mol. The van der Waals surface area contributed by atoms with Gasteiger partial charge in [0.05, 0.1) is 19.3 Å². The fourth-order valence-electron chi connectivity index (χ4n) is 1.83. The molecule has 24 heavy (non-hydrogen) atoms. The van der Waals surface area contributed by atoms with Gasteiger partial charge in [0.1, 0.15) is 5.82 Å². The number of Topliss-reactive ketones (excluding diaryl/α,β-unsaturated/α-hetero) is 1. The van der Waals surface area contributed by atoms with Gasteiger partial charge in [-0.2, -0.15) is 0 Å². The number of rotatable bonds is 8. The number of carbonyl (C=O) groups excluding carboxylic acids is 2. The number of amides is 1. The topological polar surface area (TPSA) is 71.1 Å². The Hall–Kier alpha value is -1.34. The molecule has 0 saturated heterocycles. The van der Waals surface area contributed by atoms with Crippen molar-refractivity contribution in [2.45, 2.75) is 12.8 Å². The summed E-state index contributed by atoms with van der Waals surface area (Å²) >= 11 is 18.7. The van der Waals surface area contributed by atoms with E-state index in [1.165, 1.54) is 17.5 Å². The zero-order valence-electron chi connectivity index (χ0n) is 12.4. The van der Waals surface area contributed by atoms with Gasteiger partial charge in [-0.3, -0.25) is 9.59 Å². The zero-order valence-corrected chi connectivity index (χ0v) is 15.5. The van der Waals surface area contributed by atoms with Gasteiger partial charge in [-0.15, -0.1) is 11.3 Å². The van der Waals surface area contributed by atoms with E-state index in [1.807, 2.05) is 0 Å². The number of thiophene rings is 1. The molecule has 0 radical (unpaired) electrons. The summed E-state index contributed by atoms with van der Waals surface area (Å²) in [6, 6.07) is 4.92. The van der Waals surface area contributed by atoms with Crippen molar-refractivity contribution < 1.29 is 9.59 Å². The van der Waals surface area contributed by atoms with E-state index in [9.17, 15) is 9.59 Å². The molecule has 2 rings (SSSR count). The van der Waals surface area contributed by atoms with Crippen LogP contribution < -0.4 is 10.6 Å². The van der Waals surface area contributed by atoms with E-state index in [4.69, 9.17) is 34.8 Å². The SMILES string of the molecule is O=C(CCC(=O)c1ccc(Cl)s1)NCCNc1ncc(Cl)cc1Cl. The standard InChI is InChI=1S/C15H14Cl3N3O2S/c16-9-7-10(17)15(21-8-9)20-6-5-19-14(23)4-1-11(22)12-2-3-13(18)24-12/h2-3,7-8H,1,4-6H2,(H,19,23)(H,20,21). The van der Waals surface area contributed by atoms with Crippen molar-refractivity contribution >= 4 is 63.6 Å². The average Bonchev–Trinajstić information content (AvgIpc) is 2.97. The van der Waals surface area contributed by atoms with Crippen LogP contribution in [0.25, 0.3) is 0 Å². The highest BCUT2D eigenvalue weighted by Crippen LogP contribution is 2.23. The molecule has 128 valence electrons. The molecule has 0 spiro atoms. The van der Waals surface area contributed by atoms with Gasteiger partial charge >= 0.3 is 0 Å². The number of hydrogen-bond acceptors (Lipinski definition) is 5. The van der Waals surface area contributed by atoms with Gasteiger partial charge in [0, 0.05) is 32.1 Å². The van der Waals surface area contributed by atoms with Crippen LogP contribution in [-0.2, 0) is 4.79 Å². The van der Waals surface area contributed by atoms with Crippen LogP contribution in [-0.4, -0.2) is 29.8 Å². The smallest absolute Gasteiger partial charge is 0.220 e. The van der Waals surface area contributed by atoms with Gasteiger partial charge < -0.3 is 10.6 Å². The third kappa shape index (κ3) is 5.94. The summed E-state index contributed by atoms with van der Waals surface area (Å²) in [6.07, 6.45) is 1.77. The minimum absolute atomic E-state index is 0.0858. The minimum atomic E-state index is -0.192. The number of aromatic nitrogens is 1. The molecule has 2 aromatic rings. The first-order valence-corrected chi connectivity index (χ1v) is 9.01. The van der Waals surface area contributed by atoms with Crippen molar-refractivity contribution in [3.63, 3.8) is 0 Å². The number of nitrogens with one attached hydrogen (secondary N) is 2. The summed E-state index contributed by atoms with van der Waals surface area (Å²) < 4.78 is 0.559. The fourth-order valence-corrected chi connectivity index (χ4v) is 3.29. The molecule has 0 unspecified atom stereocenters. The maximum absolute atomic E-state index is 11.9. The molecule has 2 heterocycles. The van der Waals surface area contributed by atoms with Gasteiger partial charge in [-0.05, 0) is 18.2 Å². The molecule has 0 atom stereocenters. The number of nitrogens with zero attached hydrogens (tertiary/aromatic N) is 1. The normalized spacial score (nSPS) is 10.5. The van der Waals surface area contributed by atoms with Crippen molar-refractivity contribution in [3.8, 4) is 0 Å². The zero-order chi connectivity index (χ0) is 17.5. The third-order valence-corrected chi connectivity index (χ3v) is 4.74. The summed E-state index contributed by atoms with van der Waals surface area (Å²) in [5.41, 5.74) is 0. The molecule has 0 aliphatic rings. The minimum Gasteiger partial charge on any atom is -0.367 e. The van der Waals surface area contributed by atoms with Crippen LogP contribution in [0, 0.1) is 0 Å². The Labute approximate surface area is 158 Å². The second-order valence-electron chi connectivity index (χ2n) is 4.79. The van der Waals surface area contributed by atoms with Crippen molar-refractivity contribution in [2.75, 3.05) is 18.4 Å². The van der Waals surface area contributed by atoms with Crippen LogP contribution in [0.5, 0.6) is 0 Å². The Balaban J connectivity index is 1.65. The summed E-state index contributed by atoms with van der Waals surface area (Å²) in [5, 5.41) is 6.58. The summed E-state index contributed by atoms with van der Waals surface area (Å²) in [6.45, 7) is 0.840. The molecule has 0 aliphatic heterocycles. The molecule has 2 aromatic heterocycles. The van der Waals surface area contributed by atoms with Crippen LogP contribution in [0.15, 0.2) is 24.4 Å². The lowest BCUT2D eigenvalue weighted by Crippen LogP contribution is -2.29. The predicted octanol–water partition coefficient (Wildman–Crippen LogP) is 4.29. The largest absolute Gasteiger partial charge is 0.367 e. The summed E-state index contributed by atoms with van der Waals surface area (Å²) in [7, 11) is 0. The molecule has 5 nitrogen and oxygen atoms in total. The molecule has 9 heteroatoms. The molecule has 0 aromatic carbocycles. The van der Waals surface area contributed by atoms with Crippen molar-refractivity contribution in [1.29, 1.82) is 0 Å². The molecule has 0 saturated carbocycles. The van der Waals surface area contributed by atoms with Gasteiger partial charge in [-0.1, -0.05) is 34.8 Å². The van der Waals surface area contributed by atoms with Crippen molar-refractivity contribution in [3.05, 3.63) is 43.7 Å². The van der Waals surface area contributed by atoms with Gasteiger partial charge in [0.25, 0.3) is 0 Å². The van der Waals surface area contributed by atoms with Crippen LogP contribution in [0.1, 0.15) is 22.5 Å². The first-order valence-electron chi connectivity index (χ1n) is 7.06. The van der Waals surface area contributed by atoms with Gasteiger partial charge in [0.15, 0.2) is 5.78 Å². The van der Waals surface area contributed by atoms with E-state index in [1.54, 1.807) is 18.2 Å². The van der Waals surface area contributed by atoms with E-state index >= 15 is 0 Å². The average molecular weight is 407 g/mol. The maximum atomic E-state index is 11.9. The van der Waals surface area contributed by atoms with E-state index in [0.717, 1.165) is 0 Å². The number of ketones is 1. The number of halogens is 3. The second-order valence-corrected chi connectivity index (χ2v) is 7.35. The van der Waals surface area contributed by atoms with Crippen molar-refractivity contribution in [2.24, 2.45) is 0 Å². The molecule has 0 bridgehead atoms. The molecule has 0 aliphatic carbocycles. The van der Waals surface area contributed by atoms with E-state index in [0.29, 0.717) is 38.2 Å². The van der Waals surface area contributed by atoms with E-state index in [2.05, 4.69) is 15.6 Å². The van der Waals surface area contributed by atoms with E-state index in [-0.39, 0.29) is 24.5 Å². The van der Waals surface area contributed by atoms with Crippen molar-refractivity contribution in [1.82, 2.24) is 10.3 Å². The Morgan fingerprint density at radius 1 is 1.12 bits per heavy atom. The van der Waals surface area contributed by atoms with Crippen LogP contribution >= 0.6 is 46.1 Å². The number of carbonyl (C=O) groups is 2. The van der Waals surface area contributed by atoms with Crippen LogP contribution in [0.2, 0.25) is 14.4 Å². The lowest BCUT2D eigenvalue weighted by molar-refractivity contribution is -0.120. The fraction of sp³-hybridized carbons (Fsp3) is 0.267. The number of anilines is 1. The third-order valence-electron chi connectivity index (χ3n) is 2.97. The highest BCUT2D eigenvalue weighted by atomic mass is 35.5. The Kier molecular flexibility index (Phi) is 7.30. The highest BCUT2D eigenvalue weighted by molar-refractivity contribution is 7.18. The number of hydrogen-bond donors (Lipinski definition) is 2. The number of pyridine rings is 1. The Morgan fingerprint density at radius 3 is 2.58 bits per heavy atom. The Morgan fingerprint density at radius 2 is 1.92 bits per heavy atom. The van der Waals surface area contributed by atoms with Crippen LogP contribution in [0.4, 0.5) is 5.82 Å². The second kappa shape index (κ2) is 9.22. The maximum Gasteiger partial charge on any atom is 0.220 e. The first kappa shape index (κ1) is 19.0. The highest BCUT2D eigenvalue weighted by Gasteiger charge is 2.11. The monoisotopic (exact) mass is 405 g/mol. The van der Waals surface area contributed by atoms with Gasteiger partial charge in [-0.25, -0.2) is 4.98 Å². The quantitative estimate of drug-likeness (QED) is 0.506. The summed E-state index contributed by atoms with van der Waals surface area (Å²) in [5.74, 6) is 0.223. The van der Waals surface area contributed by atoms with Gasteiger partial charge in [0.2, 0.25) is 5.91 Å². The molecule has 1 amide bonds. The van der Waals surface area contributed by atoms with E-state index < -0.39 is 0 Å². The lowest BCUT2D eigenvalue weighted by atomic mass is 10.2. The predicted molar refractivity (Wildman–Crippen MR) is 98.6 cm³/mol. The molecular formula is C15H14Cl3N3O2S.